The Balaban J connectivity index is 2.84. The number of hydrogen-bond donors (Lipinski definition) is 0. The molecule has 0 aromatic rings. The highest BCUT2D eigenvalue weighted by Gasteiger charge is 2.21. The van der Waals surface area contributed by atoms with E-state index in [0.717, 1.165) is 24.0 Å². The van der Waals surface area contributed by atoms with Gasteiger partial charge in [0, 0.05) is 5.57 Å². The average molecular weight is 166 g/mol. The number of carbonyl (C=O) groups is 1. The van der Waals surface area contributed by atoms with Gasteiger partial charge >= 0.3 is 5.97 Å². The molecule has 0 spiro atoms. The summed E-state index contributed by atoms with van der Waals surface area (Å²) in [6.45, 7) is 5.87. The summed E-state index contributed by atoms with van der Waals surface area (Å²) >= 11 is 0. The molecule has 0 amide bonds. The Bertz CT molecular complexity index is 238. The second kappa shape index (κ2) is 3.57. The van der Waals surface area contributed by atoms with Crippen molar-refractivity contribution in [2.45, 2.75) is 19.8 Å². The quantitative estimate of drug-likeness (QED) is 0.557. The Morgan fingerprint density at radius 2 is 2.42 bits per heavy atom. The minimum atomic E-state index is -0.219. The van der Waals surface area contributed by atoms with Gasteiger partial charge in [-0.25, -0.2) is 4.79 Å². The van der Waals surface area contributed by atoms with Crippen molar-refractivity contribution >= 4 is 5.97 Å². The molecule has 0 saturated carbocycles. The first-order chi connectivity index (χ1) is 5.65. The summed E-state index contributed by atoms with van der Waals surface area (Å²) < 4.78 is 4.66. The monoisotopic (exact) mass is 166 g/mol. The van der Waals surface area contributed by atoms with Crippen molar-refractivity contribution < 1.29 is 9.53 Å². The van der Waals surface area contributed by atoms with Crippen molar-refractivity contribution in [3.63, 3.8) is 0 Å². The molecule has 0 bridgehead atoms. The smallest absolute Gasteiger partial charge is 0.334 e. The van der Waals surface area contributed by atoms with E-state index in [0.29, 0.717) is 5.92 Å². The molecule has 1 rings (SSSR count). The lowest BCUT2D eigenvalue weighted by Gasteiger charge is -2.19. The van der Waals surface area contributed by atoms with Crippen LogP contribution in [0.15, 0.2) is 23.8 Å². The van der Waals surface area contributed by atoms with E-state index in [1.165, 1.54) is 7.11 Å². The highest BCUT2D eigenvalue weighted by atomic mass is 16.5. The van der Waals surface area contributed by atoms with Crippen LogP contribution in [0.3, 0.4) is 0 Å². The molecule has 1 atom stereocenters. The van der Waals surface area contributed by atoms with Crippen LogP contribution in [0.5, 0.6) is 0 Å². The number of ether oxygens (including phenoxy) is 1. The SMILES string of the molecule is C=C1C=C(C(=O)OC)C(C)CC1. The van der Waals surface area contributed by atoms with E-state index in [1.807, 2.05) is 13.0 Å². The van der Waals surface area contributed by atoms with Crippen LogP contribution >= 0.6 is 0 Å². The molecular weight excluding hydrogens is 152 g/mol. The Morgan fingerprint density at radius 3 is 3.00 bits per heavy atom. The number of esters is 1. The van der Waals surface area contributed by atoms with Gasteiger partial charge in [-0.1, -0.05) is 19.1 Å². The molecule has 0 heterocycles. The molecule has 0 N–H and O–H groups in total. The molecule has 0 saturated heterocycles. The zero-order valence-corrected chi connectivity index (χ0v) is 7.59. The average Bonchev–Trinajstić information content (AvgIpc) is 2.08. The summed E-state index contributed by atoms with van der Waals surface area (Å²) in [4.78, 5) is 11.2. The molecule has 0 radical (unpaired) electrons. The highest BCUT2D eigenvalue weighted by molar-refractivity contribution is 5.89. The van der Waals surface area contributed by atoms with Gasteiger partial charge in [-0.15, -0.1) is 0 Å². The maximum atomic E-state index is 11.2. The van der Waals surface area contributed by atoms with E-state index < -0.39 is 0 Å². The lowest BCUT2D eigenvalue weighted by molar-refractivity contribution is -0.136. The van der Waals surface area contributed by atoms with Crippen molar-refractivity contribution in [1.29, 1.82) is 0 Å². The Morgan fingerprint density at radius 1 is 1.75 bits per heavy atom. The Labute approximate surface area is 72.9 Å². The van der Waals surface area contributed by atoms with E-state index in [-0.39, 0.29) is 5.97 Å². The van der Waals surface area contributed by atoms with Crippen LogP contribution in [0.1, 0.15) is 19.8 Å². The molecule has 0 aliphatic heterocycles. The molecule has 66 valence electrons. The molecular formula is C10H14O2. The summed E-state index contributed by atoms with van der Waals surface area (Å²) in [6.07, 6.45) is 3.83. The van der Waals surface area contributed by atoms with Crippen molar-refractivity contribution in [3.05, 3.63) is 23.8 Å². The van der Waals surface area contributed by atoms with E-state index in [4.69, 9.17) is 0 Å². The maximum absolute atomic E-state index is 11.2. The zero-order valence-electron chi connectivity index (χ0n) is 7.59. The van der Waals surface area contributed by atoms with Gasteiger partial charge in [-0.3, -0.25) is 0 Å². The van der Waals surface area contributed by atoms with Crippen molar-refractivity contribution in [2.75, 3.05) is 7.11 Å². The third kappa shape index (κ3) is 1.76. The van der Waals surface area contributed by atoms with Gasteiger partial charge in [-0.05, 0) is 24.8 Å². The summed E-state index contributed by atoms with van der Waals surface area (Å²) in [5, 5.41) is 0. The first-order valence-electron chi connectivity index (χ1n) is 4.13. The second-order valence-corrected chi connectivity index (χ2v) is 3.19. The largest absolute Gasteiger partial charge is 0.466 e. The molecule has 0 fully saturated rings. The van der Waals surface area contributed by atoms with Crippen LogP contribution in [0.4, 0.5) is 0 Å². The van der Waals surface area contributed by atoms with Crippen LogP contribution in [0.25, 0.3) is 0 Å². The number of allylic oxidation sites excluding steroid dienone is 2. The van der Waals surface area contributed by atoms with E-state index in [1.54, 1.807) is 0 Å². The predicted octanol–water partition coefficient (Wildman–Crippen LogP) is 2.07. The maximum Gasteiger partial charge on any atom is 0.334 e. The van der Waals surface area contributed by atoms with Gasteiger partial charge in [0.25, 0.3) is 0 Å². The highest BCUT2D eigenvalue weighted by Crippen LogP contribution is 2.27. The fourth-order valence-corrected chi connectivity index (χ4v) is 1.37. The van der Waals surface area contributed by atoms with Crippen molar-refractivity contribution in [2.24, 2.45) is 5.92 Å². The molecule has 12 heavy (non-hydrogen) atoms. The second-order valence-electron chi connectivity index (χ2n) is 3.19. The fraction of sp³-hybridized carbons (Fsp3) is 0.500. The summed E-state index contributed by atoms with van der Waals surface area (Å²) in [5.41, 5.74) is 1.78. The predicted molar refractivity (Wildman–Crippen MR) is 47.6 cm³/mol. The lowest BCUT2D eigenvalue weighted by atomic mass is 9.87. The van der Waals surface area contributed by atoms with Gasteiger partial charge in [0.2, 0.25) is 0 Å². The molecule has 1 unspecified atom stereocenters. The van der Waals surface area contributed by atoms with Crippen molar-refractivity contribution in [1.82, 2.24) is 0 Å². The molecule has 0 aromatic carbocycles. The summed E-state index contributed by atoms with van der Waals surface area (Å²) in [7, 11) is 1.41. The third-order valence-electron chi connectivity index (χ3n) is 2.21. The van der Waals surface area contributed by atoms with Crippen LogP contribution in [0.2, 0.25) is 0 Å². The number of methoxy groups -OCH3 is 1. The van der Waals surface area contributed by atoms with E-state index in [9.17, 15) is 4.79 Å². The zero-order chi connectivity index (χ0) is 9.14. The Kier molecular flexibility index (Phi) is 2.69. The fourth-order valence-electron chi connectivity index (χ4n) is 1.37. The van der Waals surface area contributed by atoms with Crippen LogP contribution < -0.4 is 0 Å². The first kappa shape index (κ1) is 9.04. The van der Waals surface area contributed by atoms with Crippen LogP contribution in [0, 0.1) is 5.92 Å². The van der Waals surface area contributed by atoms with Gasteiger partial charge in [0.05, 0.1) is 7.11 Å². The molecule has 0 aromatic heterocycles. The normalized spacial score (nSPS) is 23.3. The molecule has 2 heteroatoms. The van der Waals surface area contributed by atoms with E-state index >= 15 is 0 Å². The first-order valence-corrected chi connectivity index (χ1v) is 4.13. The number of hydrogen-bond acceptors (Lipinski definition) is 2. The molecule has 1 aliphatic carbocycles. The van der Waals surface area contributed by atoms with Gasteiger partial charge in [0.15, 0.2) is 0 Å². The lowest BCUT2D eigenvalue weighted by Crippen LogP contribution is -2.15. The van der Waals surface area contributed by atoms with Gasteiger partial charge < -0.3 is 4.74 Å². The van der Waals surface area contributed by atoms with Gasteiger partial charge in [-0.2, -0.15) is 0 Å². The van der Waals surface area contributed by atoms with E-state index in [2.05, 4.69) is 11.3 Å². The minimum absolute atomic E-state index is 0.219. The standard InChI is InChI=1S/C10H14O2/c1-7-4-5-8(2)9(6-7)10(11)12-3/h6,8H,1,4-5H2,2-3H3. The number of carbonyl (C=O) groups excluding carboxylic acids is 1. The summed E-state index contributed by atoms with van der Waals surface area (Å²) in [6, 6.07) is 0. The Hall–Kier alpha value is -1.05. The van der Waals surface area contributed by atoms with Gasteiger partial charge in [0.1, 0.15) is 0 Å². The van der Waals surface area contributed by atoms with Crippen LogP contribution in [-0.2, 0) is 9.53 Å². The topological polar surface area (TPSA) is 26.3 Å². The molecule has 1 aliphatic rings. The third-order valence-corrected chi connectivity index (χ3v) is 2.21. The number of rotatable bonds is 1. The van der Waals surface area contributed by atoms with Crippen LogP contribution in [-0.4, -0.2) is 13.1 Å². The minimum Gasteiger partial charge on any atom is -0.466 e. The van der Waals surface area contributed by atoms with Crippen molar-refractivity contribution in [3.8, 4) is 0 Å². The molecule has 2 nitrogen and oxygen atoms in total. The summed E-state index contributed by atoms with van der Waals surface area (Å²) in [5.74, 6) is 0.0892.